The standard InChI is InChI=1S/C19H14FNO5S/c20-14-7-5-12(6-8-14)10-21-18(24)16(27-19(21)25)9-13-3-1-2-4-15(13)26-11-17(22)23/h1-9H,10-11H2,(H,22,23)/b16-9+. The Morgan fingerprint density at radius 2 is 1.85 bits per heavy atom. The molecule has 0 radical (unpaired) electrons. The largest absolute Gasteiger partial charge is 0.481 e. The van der Waals surface area contributed by atoms with E-state index in [0.29, 0.717) is 16.9 Å². The zero-order chi connectivity index (χ0) is 19.4. The summed E-state index contributed by atoms with van der Waals surface area (Å²) in [6.07, 6.45) is 1.49. The molecule has 27 heavy (non-hydrogen) atoms. The first kappa shape index (κ1) is 18.7. The summed E-state index contributed by atoms with van der Waals surface area (Å²) in [4.78, 5) is 36.7. The molecule has 2 amide bonds. The lowest BCUT2D eigenvalue weighted by atomic mass is 10.1. The molecule has 2 aromatic rings. The van der Waals surface area contributed by atoms with Crippen molar-refractivity contribution in [3.63, 3.8) is 0 Å². The molecule has 1 N–H and O–H groups in total. The molecule has 1 heterocycles. The van der Waals surface area contributed by atoms with E-state index in [1.165, 1.54) is 30.3 Å². The predicted molar refractivity (Wildman–Crippen MR) is 97.5 cm³/mol. The number of thioether (sulfide) groups is 1. The van der Waals surface area contributed by atoms with Crippen LogP contribution < -0.4 is 4.74 Å². The minimum atomic E-state index is -1.12. The molecule has 0 atom stereocenters. The molecular weight excluding hydrogens is 373 g/mol. The van der Waals surface area contributed by atoms with Crippen molar-refractivity contribution < 1.29 is 28.6 Å². The van der Waals surface area contributed by atoms with Crippen molar-refractivity contribution in [1.82, 2.24) is 4.90 Å². The van der Waals surface area contributed by atoms with Crippen LogP contribution in [0.3, 0.4) is 0 Å². The third kappa shape index (κ3) is 4.53. The van der Waals surface area contributed by atoms with E-state index < -0.39 is 29.5 Å². The maximum Gasteiger partial charge on any atom is 0.341 e. The van der Waals surface area contributed by atoms with Crippen molar-refractivity contribution in [2.24, 2.45) is 0 Å². The molecule has 1 saturated heterocycles. The number of carbonyl (C=O) groups excluding carboxylic acids is 2. The minimum Gasteiger partial charge on any atom is -0.481 e. The first-order valence-electron chi connectivity index (χ1n) is 7.87. The van der Waals surface area contributed by atoms with Gasteiger partial charge in [-0.25, -0.2) is 9.18 Å². The Bertz CT molecular complexity index is 926. The SMILES string of the molecule is O=C(O)COc1ccccc1/C=C1/SC(=O)N(Cc2ccc(F)cc2)C1=O. The smallest absolute Gasteiger partial charge is 0.341 e. The van der Waals surface area contributed by atoms with E-state index in [1.807, 2.05) is 0 Å². The molecule has 1 fully saturated rings. The van der Waals surface area contributed by atoms with Crippen LogP contribution >= 0.6 is 11.8 Å². The molecule has 1 aliphatic rings. The van der Waals surface area contributed by atoms with E-state index in [4.69, 9.17) is 9.84 Å². The monoisotopic (exact) mass is 387 g/mol. The van der Waals surface area contributed by atoms with Crippen LogP contribution in [0.4, 0.5) is 9.18 Å². The number of ether oxygens (including phenoxy) is 1. The van der Waals surface area contributed by atoms with E-state index >= 15 is 0 Å². The Labute approximate surface area is 158 Å². The fourth-order valence-corrected chi connectivity index (χ4v) is 3.25. The summed E-state index contributed by atoms with van der Waals surface area (Å²) < 4.78 is 18.2. The molecular formula is C19H14FNO5S. The average Bonchev–Trinajstić information content (AvgIpc) is 2.90. The number of aliphatic carboxylic acids is 1. The van der Waals surface area contributed by atoms with Crippen LogP contribution in [0.2, 0.25) is 0 Å². The number of halogens is 1. The van der Waals surface area contributed by atoms with E-state index in [2.05, 4.69) is 0 Å². The van der Waals surface area contributed by atoms with Crippen molar-refractivity contribution in [1.29, 1.82) is 0 Å². The Hall–Kier alpha value is -3.13. The van der Waals surface area contributed by atoms with E-state index in [-0.39, 0.29) is 11.4 Å². The number of carbonyl (C=O) groups is 3. The molecule has 0 aliphatic carbocycles. The number of rotatable bonds is 6. The first-order chi connectivity index (χ1) is 12.9. The Balaban J connectivity index is 1.80. The lowest BCUT2D eigenvalue weighted by Crippen LogP contribution is -2.27. The molecule has 0 saturated carbocycles. The van der Waals surface area contributed by atoms with Gasteiger partial charge in [0, 0.05) is 5.56 Å². The number of nitrogens with zero attached hydrogens (tertiary/aromatic N) is 1. The highest BCUT2D eigenvalue weighted by molar-refractivity contribution is 8.18. The highest BCUT2D eigenvalue weighted by Crippen LogP contribution is 2.34. The number of amides is 2. The van der Waals surface area contributed by atoms with Gasteiger partial charge in [-0.3, -0.25) is 14.5 Å². The second-order valence-electron chi connectivity index (χ2n) is 5.61. The lowest BCUT2D eigenvalue weighted by molar-refractivity contribution is -0.139. The zero-order valence-corrected chi connectivity index (χ0v) is 14.7. The van der Waals surface area contributed by atoms with Crippen molar-refractivity contribution >= 4 is 35.0 Å². The van der Waals surface area contributed by atoms with Gasteiger partial charge < -0.3 is 9.84 Å². The van der Waals surface area contributed by atoms with Crippen LogP contribution in [0.1, 0.15) is 11.1 Å². The fraction of sp³-hybridized carbons (Fsp3) is 0.105. The van der Waals surface area contributed by atoms with Gasteiger partial charge in [0.2, 0.25) is 0 Å². The Morgan fingerprint density at radius 1 is 1.15 bits per heavy atom. The van der Waals surface area contributed by atoms with E-state index in [1.54, 1.807) is 24.3 Å². The lowest BCUT2D eigenvalue weighted by Gasteiger charge is -2.12. The molecule has 6 nitrogen and oxygen atoms in total. The third-order valence-corrected chi connectivity index (χ3v) is 4.59. The van der Waals surface area contributed by atoms with Gasteiger partial charge in [0.1, 0.15) is 11.6 Å². The Morgan fingerprint density at radius 3 is 2.56 bits per heavy atom. The van der Waals surface area contributed by atoms with Gasteiger partial charge in [0.05, 0.1) is 11.4 Å². The average molecular weight is 387 g/mol. The topological polar surface area (TPSA) is 83.9 Å². The van der Waals surface area contributed by atoms with Crippen LogP contribution in [-0.2, 0) is 16.1 Å². The summed E-state index contributed by atoms with van der Waals surface area (Å²) in [5.74, 6) is -1.69. The maximum absolute atomic E-state index is 13.0. The van der Waals surface area contributed by atoms with Crippen molar-refractivity contribution in [3.8, 4) is 5.75 Å². The summed E-state index contributed by atoms with van der Waals surface area (Å²) in [6, 6.07) is 12.2. The number of para-hydroxylation sites is 1. The second kappa shape index (κ2) is 8.05. The van der Waals surface area contributed by atoms with Crippen molar-refractivity contribution in [2.45, 2.75) is 6.54 Å². The predicted octanol–water partition coefficient (Wildman–Crippen LogP) is 3.53. The Kier molecular flexibility index (Phi) is 5.56. The molecule has 1 aliphatic heterocycles. The van der Waals surface area contributed by atoms with Crippen molar-refractivity contribution in [2.75, 3.05) is 6.61 Å². The number of hydrogen-bond donors (Lipinski definition) is 1. The molecule has 2 aromatic carbocycles. The van der Waals surface area contributed by atoms with Crippen LogP contribution in [0.5, 0.6) is 5.75 Å². The highest BCUT2D eigenvalue weighted by atomic mass is 32.2. The fourth-order valence-electron chi connectivity index (χ4n) is 2.42. The van der Waals surface area contributed by atoms with Gasteiger partial charge in [0.25, 0.3) is 11.1 Å². The third-order valence-electron chi connectivity index (χ3n) is 3.68. The molecule has 0 aromatic heterocycles. The quantitative estimate of drug-likeness (QED) is 0.764. The summed E-state index contributed by atoms with van der Waals surface area (Å²) in [6.45, 7) is -0.476. The highest BCUT2D eigenvalue weighted by Gasteiger charge is 2.35. The molecule has 0 spiro atoms. The zero-order valence-electron chi connectivity index (χ0n) is 13.9. The minimum absolute atomic E-state index is 0.0411. The van der Waals surface area contributed by atoms with Crippen LogP contribution in [0.15, 0.2) is 53.4 Å². The van der Waals surface area contributed by atoms with Gasteiger partial charge in [0.15, 0.2) is 6.61 Å². The number of hydrogen-bond acceptors (Lipinski definition) is 5. The van der Waals surface area contributed by atoms with Crippen molar-refractivity contribution in [3.05, 3.63) is 70.4 Å². The van der Waals surface area contributed by atoms with Gasteiger partial charge in [-0.05, 0) is 41.6 Å². The molecule has 8 heteroatoms. The summed E-state index contributed by atoms with van der Waals surface area (Å²) in [7, 11) is 0. The van der Waals surface area contributed by atoms with E-state index in [9.17, 15) is 18.8 Å². The van der Waals surface area contributed by atoms with Gasteiger partial charge in [-0.2, -0.15) is 0 Å². The first-order valence-corrected chi connectivity index (χ1v) is 8.69. The molecule has 3 rings (SSSR count). The summed E-state index contributed by atoms with van der Waals surface area (Å²) in [5.41, 5.74) is 1.12. The maximum atomic E-state index is 13.0. The van der Waals surface area contributed by atoms with Gasteiger partial charge in [-0.1, -0.05) is 30.3 Å². The summed E-state index contributed by atoms with van der Waals surface area (Å²) in [5, 5.41) is 8.31. The van der Waals surface area contributed by atoms with Crippen LogP contribution in [-0.4, -0.2) is 33.7 Å². The second-order valence-corrected chi connectivity index (χ2v) is 6.61. The number of carboxylic acid groups (broad SMARTS) is 1. The number of imide groups is 1. The number of carboxylic acids is 1. The normalized spacial score (nSPS) is 15.4. The van der Waals surface area contributed by atoms with Gasteiger partial charge in [-0.15, -0.1) is 0 Å². The molecule has 138 valence electrons. The summed E-state index contributed by atoms with van der Waals surface area (Å²) >= 11 is 0.785. The van der Waals surface area contributed by atoms with Gasteiger partial charge >= 0.3 is 5.97 Å². The van der Waals surface area contributed by atoms with Crippen LogP contribution in [0, 0.1) is 5.82 Å². The number of benzene rings is 2. The van der Waals surface area contributed by atoms with Crippen LogP contribution in [0.25, 0.3) is 6.08 Å². The molecule has 0 bridgehead atoms. The molecule has 0 unspecified atom stereocenters. The van der Waals surface area contributed by atoms with E-state index in [0.717, 1.165) is 16.7 Å².